The highest BCUT2D eigenvalue weighted by molar-refractivity contribution is 5.71. The summed E-state index contributed by atoms with van der Waals surface area (Å²) in [5.74, 6) is -1.06. The van der Waals surface area contributed by atoms with Crippen molar-refractivity contribution in [1.82, 2.24) is 0 Å². The lowest BCUT2D eigenvalue weighted by molar-refractivity contribution is -0.166. The molecule has 0 fully saturated rings. The summed E-state index contributed by atoms with van der Waals surface area (Å²) in [5.41, 5.74) is 0. The first kappa shape index (κ1) is 57.3. The molecule has 0 aliphatic heterocycles. The zero-order valence-corrected chi connectivity index (χ0v) is 39.4. The maximum atomic E-state index is 12.7. The molecule has 0 bridgehead atoms. The number of rotatable bonds is 43. The van der Waals surface area contributed by atoms with Crippen LogP contribution >= 0.6 is 0 Å². The Labute approximate surface area is 375 Å². The lowest BCUT2D eigenvalue weighted by Crippen LogP contribution is -2.30. The highest BCUT2D eigenvalue weighted by Gasteiger charge is 2.19. The van der Waals surface area contributed by atoms with Crippen LogP contribution in [0.15, 0.2) is 97.2 Å². The largest absolute Gasteiger partial charge is 0.462 e. The third-order valence-electron chi connectivity index (χ3n) is 10.1. The predicted molar refractivity (Wildman–Crippen MR) is 260 cm³/mol. The molecule has 61 heavy (non-hydrogen) atoms. The third-order valence-corrected chi connectivity index (χ3v) is 10.1. The van der Waals surface area contributed by atoms with Crippen LogP contribution in [0.25, 0.3) is 0 Å². The molecule has 0 amide bonds. The topological polar surface area (TPSA) is 78.9 Å². The molecule has 1 unspecified atom stereocenters. The van der Waals surface area contributed by atoms with Gasteiger partial charge >= 0.3 is 17.9 Å². The maximum absolute atomic E-state index is 12.7. The van der Waals surface area contributed by atoms with Crippen molar-refractivity contribution in [2.75, 3.05) is 13.2 Å². The van der Waals surface area contributed by atoms with Gasteiger partial charge in [-0.05, 0) is 96.3 Å². The summed E-state index contributed by atoms with van der Waals surface area (Å²) in [4.78, 5) is 37.8. The van der Waals surface area contributed by atoms with Gasteiger partial charge < -0.3 is 14.2 Å². The zero-order chi connectivity index (χ0) is 44.4. The van der Waals surface area contributed by atoms with E-state index >= 15 is 0 Å². The fraction of sp³-hybridized carbons (Fsp3) is 0.655. The summed E-state index contributed by atoms with van der Waals surface area (Å²) in [6.07, 6.45) is 64.1. The number of unbranched alkanes of at least 4 members (excludes halogenated alkanes) is 18. The van der Waals surface area contributed by atoms with Gasteiger partial charge in [0.25, 0.3) is 0 Å². The fourth-order valence-electron chi connectivity index (χ4n) is 6.39. The lowest BCUT2D eigenvalue weighted by Gasteiger charge is -2.18. The van der Waals surface area contributed by atoms with Crippen LogP contribution in [0.5, 0.6) is 0 Å². The molecule has 0 saturated heterocycles. The molecule has 0 N–H and O–H groups in total. The van der Waals surface area contributed by atoms with Crippen LogP contribution in [0.2, 0.25) is 0 Å². The Morgan fingerprint density at radius 2 is 0.738 bits per heavy atom. The number of hydrogen-bond donors (Lipinski definition) is 0. The van der Waals surface area contributed by atoms with Crippen LogP contribution in [0.1, 0.15) is 213 Å². The number of allylic oxidation sites excluding steroid dienone is 16. The molecule has 6 nitrogen and oxygen atoms in total. The molecule has 0 aliphatic carbocycles. The molecular weight excluding hydrogens is 757 g/mol. The van der Waals surface area contributed by atoms with Gasteiger partial charge in [0, 0.05) is 19.3 Å². The highest BCUT2D eigenvalue weighted by atomic mass is 16.6. The van der Waals surface area contributed by atoms with Gasteiger partial charge in [-0.2, -0.15) is 0 Å². The molecule has 0 aromatic carbocycles. The Hall–Kier alpha value is -3.67. The van der Waals surface area contributed by atoms with Gasteiger partial charge in [-0.1, -0.05) is 195 Å². The molecule has 0 aliphatic rings. The van der Waals surface area contributed by atoms with E-state index in [9.17, 15) is 14.4 Å². The summed E-state index contributed by atoms with van der Waals surface area (Å²) in [7, 11) is 0. The minimum absolute atomic E-state index is 0.124. The van der Waals surface area contributed by atoms with Crippen molar-refractivity contribution < 1.29 is 28.6 Å². The molecule has 0 spiro atoms. The first-order valence-electron chi connectivity index (χ1n) is 24.8. The van der Waals surface area contributed by atoms with E-state index in [1.165, 1.54) is 70.6 Å². The maximum Gasteiger partial charge on any atom is 0.306 e. The SMILES string of the molecule is CC/C=C\C/C=C\C/C=C\CCCCC(=O)OCC(COC(=O)CCCCCCC\C=C/C=C\C=C/CCCCCCC)OC(=O)CC/C=C\C/C=C\CCCCCCCC. The van der Waals surface area contributed by atoms with Crippen molar-refractivity contribution in [3.05, 3.63) is 97.2 Å². The van der Waals surface area contributed by atoms with Crippen LogP contribution in [0.3, 0.4) is 0 Å². The molecule has 0 aromatic rings. The lowest BCUT2D eigenvalue weighted by atomic mass is 10.1. The van der Waals surface area contributed by atoms with Crippen molar-refractivity contribution >= 4 is 17.9 Å². The Kier molecular flexibility index (Phi) is 46.0. The Bertz CT molecular complexity index is 1250. The molecule has 6 heteroatoms. The van der Waals surface area contributed by atoms with Crippen LogP contribution in [-0.4, -0.2) is 37.2 Å². The second kappa shape index (κ2) is 49.0. The highest BCUT2D eigenvalue weighted by Crippen LogP contribution is 2.11. The van der Waals surface area contributed by atoms with Gasteiger partial charge in [0.15, 0.2) is 6.10 Å². The van der Waals surface area contributed by atoms with Crippen molar-refractivity contribution in [1.29, 1.82) is 0 Å². The van der Waals surface area contributed by atoms with Crippen LogP contribution in [-0.2, 0) is 28.6 Å². The Morgan fingerprint density at radius 1 is 0.361 bits per heavy atom. The Morgan fingerprint density at radius 3 is 1.23 bits per heavy atom. The van der Waals surface area contributed by atoms with Gasteiger partial charge in [-0.25, -0.2) is 0 Å². The van der Waals surface area contributed by atoms with E-state index in [0.717, 1.165) is 89.9 Å². The standard InChI is InChI=1S/C55H90O6/c1-4-7-10-13-16-19-22-25-26-27-28-29-31-33-36-39-42-45-48-54(57)60-51-52(50-59-53(56)47-44-41-38-35-32-24-21-18-15-12-9-6-3)61-55(58)49-46-43-40-37-34-30-23-20-17-14-11-8-5-2/h9,12,18,21-22,25-30,32,34-35,40,43,52H,4-8,10-11,13-17,19-20,23-24,31,33,36-39,41-42,44-51H2,1-3H3/b12-9-,21-18-,25-22-,27-26-,29-28-,34-30-,35-32-,43-40-. The molecule has 1 atom stereocenters. The average molecular weight is 847 g/mol. The van der Waals surface area contributed by atoms with Crippen molar-refractivity contribution in [2.45, 2.75) is 219 Å². The van der Waals surface area contributed by atoms with E-state index in [4.69, 9.17) is 14.2 Å². The third kappa shape index (κ3) is 47.2. The summed E-state index contributed by atoms with van der Waals surface area (Å²) in [6.45, 7) is 6.37. The summed E-state index contributed by atoms with van der Waals surface area (Å²) in [6, 6.07) is 0. The van der Waals surface area contributed by atoms with Crippen LogP contribution in [0, 0.1) is 0 Å². The van der Waals surface area contributed by atoms with Gasteiger partial charge in [0.05, 0.1) is 0 Å². The molecule has 0 radical (unpaired) electrons. The van der Waals surface area contributed by atoms with E-state index in [1.54, 1.807) is 0 Å². The number of carbonyl (C=O) groups excluding carboxylic acids is 3. The molecule has 0 rings (SSSR count). The summed E-state index contributed by atoms with van der Waals surface area (Å²) >= 11 is 0. The predicted octanol–water partition coefficient (Wildman–Crippen LogP) is 16.2. The molecule has 0 saturated carbocycles. The first-order chi connectivity index (χ1) is 30.0. The molecule has 346 valence electrons. The van der Waals surface area contributed by atoms with Crippen LogP contribution in [0.4, 0.5) is 0 Å². The minimum Gasteiger partial charge on any atom is -0.462 e. The quantitative estimate of drug-likeness (QED) is 0.0200. The van der Waals surface area contributed by atoms with Crippen molar-refractivity contribution in [2.24, 2.45) is 0 Å². The van der Waals surface area contributed by atoms with E-state index < -0.39 is 12.1 Å². The first-order valence-corrected chi connectivity index (χ1v) is 24.8. The number of esters is 3. The summed E-state index contributed by atoms with van der Waals surface area (Å²) < 4.78 is 16.6. The summed E-state index contributed by atoms with van der Waals surface area (Å²) in [5, 5.41) is 0. The minimum atomic E-state index is -0.832. The average Bonchev–Trinajstić information content (AvgIpc) is 3.26. The van der Waals surface area contributed by atoms with Gasteiger partial charge in [0.1, 0.15) is 13.2 Å². The van der Waals surface area contributed by atoms with Crippen molar-refractivity contribution in [3.63, 3.8) is 0 Å². The zero-order valence-electron chi connectivity index (χ0n) is 39.4. The smallest absolute Gasteiger partial charge is 0.306 e. The molecular formula is C55H90O6. The van der Waals surface area contributed by atoms with E-state index in [-0.39, 0.29) is 31.6 Å². The van der Waals surface area contributed by atoms with E-state index in [1.807, 2.05) is 6.08 Å². The van der Waals surface area contributed by atoms with Gasteiger partial charge in [-0.3, -0.25) is 14.4 Å². The van der Waals surface area contributed by atoms with E-state index in [0.29, 0.717) is 25.7 Å². The second-order valence-electron chi connectivity index (χ2n) is 16.0. The van der Waals surface area contributed by atoms with Crippen molar-refractivity contribution in [3.8, 4) is 0 Å². The molecule has 0 aromatic heterocycles. The van der Waals surface area contributed by atoms with Gasteiger partial charge in [0.2, 0.25) is 0 Å². The monoisotopic (exact) mass is 847 g/mol. The molecule has 0 heterocycles. The fourth-order valence-corrected chi connectivity index (χ4v) is 6.39. The number of ether oxygens (including phenoxy) is 3. The van der Waals surface area contributed by atoms with Gasteiger partial charge in [-0.15, -0.1) is 0 Å². The normalized spacial score (nSPS) is 12.9. The van der Waals surface area contributed by atoms with E-state index in [2.05, 4.69) is 112 Å². The number of hydrogen-bond acceptors (Lipinski definition) is 6. The number of carbonyl (C=O) groups is 3. The Balaban J connectivity index is 4.53. The van der Waals surface area contributed by atoms with Crippen LogP contribution < -0.4 is 0 Å². The second-order valence-corrected chi connectivity index (χ2v) is 16.0.